The summed E-state index contributed by atoms with van der Waals surface area (Å²) < 4.78 is 4.20. The first-order chi connectivity index (χ1) is 9.69. The van der Waals surface area contributed by atoms with E-state index in [9.17, 15) is 0 Å². The highest BCUT2D eigenvalue weighted by atomic mass is 15.3. The van der Waals surface area contributed by atoms with Crippen molar-refractivity contribution in [3.8, 4) is 0 Å². The van der Waals surface area contributed by atoms with Gasteiger partial charge in [-0.15, -0.1) is 0 Å². The van der Waals surface area contributed by atoms with Crippen LogP contribution in [0.25, 0.3) is 0 Å². The van der Waals surface area contributed by atoms with Crippen LogP contribution in [0.4, 0.5) is 0 Å². The molecule has 1 aliphatic heterocycles. The molecule has 0 saturated carbocycles. The van der Waals surface area contributed by atoms with Crippen molar-refractivity contribution in [2.45, 2.75) is 39.0 Å². The van der Waals surface area contributed by atoms with Crippen molar-refractivity contribution in [2.24, 2.45) is 5.73 Å². The molecule has 0 radical (unpaired) electrons. The standard InChI is InChI=1S/C14H22N6/c1-11(2)20-9-12(8-17-20)13(7-15)19-6-5-18-4-3-16-14(18)10-19/h3-4,8-9,11,13H,5-7,10,15H2,1-2H3. The number of imidazole rings is 1. The van der Waals surface area contributed by atoms with Gasteiger partial charge in [-0.1, -0.05) is 0 Å². The summed E-state index contributed by atoms with van der Waals surface area (Å²) in [5.74, 6) is 1.12. The maximum absolute atomic E-state index is 6.01. The van der Waals surface area contributed by atoms with Crippen molar-refractivity contribution in [1.82, 2.24) is 24.2 Å². The zero-order valence-corrected chi connectivity index (χ0v) is 12.1. The zero-order valence-electron chi connectivity index (χ0n) is 12.1. The van der Waals surface area contributed by atoms with Gasteiger partial charge in [-0.25, -0.2) is 4.98 Å². The summed E-state index contributed by atoms with van der Waals surface area (Å²) in [5.41, 5.74) is 7.21. The third-order valence-electron chi connectivity index (χ3n) is 3.97. The largest absolute Gasteiger partial charge is 0.333 e. The van der Waals surface area contributed by atoms with Gasteiger partial charge < -0.3 is 10.3 Å². The molecule has 1 aliphatic rings. The Morgan fingerprint density at radius 3 is 2.90 bits per heavy atom. The summed E-state index contributed by atoms with van der Waals surface area (Å²) in [5, 5.41) is 4.43. The van der Waals surface area contributed by atoms with Crippen LogP contribution in [-0.2, 0) is 13.1 Å². The van der Waals surface area contributed by atoms with Gasteiger partial charge >= 0.3 is 0 Å². The predicted molar refractivity (Wildman–Crippen MR) is 77.0 cm³/mol. The number of nitrogens with zero attached hydrogens (tertiary/aromatic N) is 5. The fourth-order valence-corrected chi connectivity index (χ4v) is 2.76. The molecule has 20 heavy (non-hydrogen) atoms. The molecule has 1 atom stereocenters. The quantitative estimate of drug-likeness (QED) is 0.909. The molecule has 6 nitrogen and oxygen atoms in total. The van der Waals surface area contributed by atoms with Crippen LogP contribution in [0.3, 0.4) is 0 Å². The molecule has 0 aliphatic carbocycles. The van der Waals surface area contributed by atoms with Crippen LogP contribution in [-0.4, -0.2) is 37.3 Å². The van der Waals surface area contributed by atoms with Gasteiger partial charge in [-0.2, -0.15) is 5.10 Å². The zero-order chi connectivity index (χ0) is 14.1. The normalized spacial score (nSPS) is 17.4. The molecule has 2 aromatic heterocycles. The Morgan fingerprint density at radius 1 is 1.35 bits per heavy atom. The molecule has 0 fully saturated rings. The van der Waals surface area contributed by atoms with Gasteiger partial charge in [-0.05, 0) is 13.8 Å². The van der Waals surface area contributed by atoms with E-state index in [4.69, 9.17) is 5.73 Å². The van der Waals surface area contributed by atoms with Crippen LogP contribution in [0, 0.1) is 0 Å². The fourth-order valence-electron chi connectivity index (χ4n) is 2.76. The molecule has 0 spiro atoms. The van der Waals surface area contributed by atoms with Crippen LogP contribution >= 0.6 is 0 Å². The van der Waals surface area contributed by atoms with Crippen molar-refractivity contribution < 1.29 is 0 Å². The molecule has 0 aromatic carbocycles. The molecule has 0 saturated heterocycles. The second kappa shape index (κ2) is 5.38. The van der Waals surface area contributed by atoms with E-state index in [0.717, 1.165) is 25.5 Å². The number of fused-ring (bicyclic) bond motifs is 1. The van der Waals surface area contributed by atoms with Crippen molar-refractivity contribution in [3.05, 3.63) is 36.2 Å². The molecule has 0 bridgehead atoms. The third kappa shape index (κ3) is 2.36. The molecule has 0 amide bonds. The van der Waals surface area contributed by atoms with Gasteiger partial charge in [0.2, 0.25) is 0 Å². The Hall–Kier alpha value is -1.66. The number of hydrogen-bond acceptors (Lipinski definition) is 4. The Kier molecular flexibility index (Phi) is 3.58. The molecule has 2 aromatic rings. The summed E-state index contributed by atoms with van der Waals surface area (Å²) in [7, 11) is 0. The summed E-state index contributed by atoms with van der Waals surface area (Å²) in [6.07, 6.45) is 7.97. The lowest BCUT2D eigenvalue weighted by atomic mass is 10.1. The second-order valence-electron chi connectivity index (χ2n) is 5.61. The van der Waals surface area contributed by atoms with E-state index in [1.54, 1.807) is 0 Å². The lowest BCUT2D eigenvalue weighted by molar-refractivity contribution is 0.156. The average molecular weight is 274 g/mol. The third-order valence-corrected chi connectivity index (χ3v) is 3.97. The van der Waals surface area contributed by atoms with Crippen molar-refractivity contribution >= 4 is 0 Å². The van der Waals surface area contributed by atoms with Crippen LogP contribution in [0.1, 0.15) is 37.3 Å². The number of aromatic nitrogens is 4. The molecular formula is C14H22N6. The van der Waals surface area contributed by atoms with Crippen LogP contribution in [0.15, 0.2) is 24.8 Å². The smallest absolute Gasteiger partial charge is 0.122 e. The predicted octanol–water partition coefficient (Wildman–Crippen LogP) is 1.18. The van der Waals surface area contributed by atoms with E-state index in [2.05, 4.69) is 39.6 Å². The molecule has 3 heterocycles. The summed E-state index contributed by atoms with van der Waals surface area (Å²) in [4.78, 5) is 6.80. The SMILES string of the molecule is CC(C)n1cc(C(CN)N2CCn3ccnc3C2)cn1. The second-order valence-corrected chi connectivity index (χ2v) is 5.61. The summed E-state index contributed by atoms with van der Waals surface area (Å²) in [6.45, 7) is 7.69. The van der Waals surface area contributed by atoms with Gasteiger partial charge in [0.25, 0.3) is 0 Å². The van der Waals surface area contributed by atoms with Gasteiger partial charge in [0, 0.05) is 49.8 Å². The molecule has 108 valence electrons. The van der Waals surface area contributed by atoms with Crippen LogP contribution in [0.5, 0.6) is 0 Å². The van der Waals surface area contributed by atoms with E-state index in [-0.39, 0.29) is 6.04 Å². The van der Waals surface area contributed by atoms with Crippen molar-refractivity contribution in [2.75, 3.05) is 13.1 Å². The molecule has 2 N–H and O–H groups in total. The molecule has 1 unspecified atom stereocenters. The van der Waals surface area contributed by atoms with Crippen molar-refractivity contribution in [1.29, 1.82) is 0 Å². The summed E-state index contributed by atoms with van der Waals surface area (Å²) in [6, 6.07) is 0.593. The first-order valence-corrected chi connectivity index (χ1v) is 7.17. The van der Waals surface area contributed by atoms with E-state index in [1.807, 2.05) is 23.3 Å². The molecule has 6 heteroatoms. The van der Waals surface area contributed by atoms with Crippen LogP contribution < -0.4 is 5.73 Å². The van der Waals surface area contributed by atoms with E-state index >= 15 is 0 Å². The highest BCUT2D eigenvalue weighted by Crippen LogP contribution is 2.24. The van der Waals surface area contributed by atoms with Gasteiger partial charge in [0.05, 0.1) is 18.8 Å². The minimum absolute atomic E-state index is 0.216. The number of rotatable bonds is 4. The van der Waals surface area contributed by atoms with E-state index < -0.39 is 0 Å². The Labute approximate surface area is 119 Å². The fraction of sp³-hybridized carbons (Fsp3) is 0.571. The first-order valence-electron chi connectivity index (χ1n) is 7.17. The van der Waals surface area contributed by atoms with E-state index in [0.29, 0.717) is 12.6 Å². The van der Waals surface area contributed by atoms with Crippen molar-refractivity contribution in [3.63, 3.8) is 0 Å². The minimum atomic E-state index is 0.216. The monoisotopic (exact) mass is 274 g/mol. The number of nitrogens with two attached hydrogens (primary N) is 1. The maximum Gasteiger partial charge on any atom is 0.122 e. The maximum atomic E-state index is 6.01. The lowest BCUT2D eigenvalue weighted by Gasteiger charge is -2.33. The van der Waals surface area contributed by atoms with Gasteiger partial charge in [0.15, 0.2) is 0 Å². The molecule has 3 rings (SSSR count). The van der Waals surface area contributed by atoms with E-state index in [1.165, 1.54) is 5.56 Å². The highest BCUT2D eigenvalue weighted by molar-refractivity contribution is 5.13. The molecular weight excluding hydrogens is 252 g/mol. The Balaban J connectivity index is 1.80. The summed E-state index contributed by atoms with van der Waals surface area (Å²) >= 11 is 0. The minimum Gasteiger partial charge on any atom is -0.333 e. The number of hydrogen-bond donors (Lipinski definition) is 1. The highest BCUT2D eigenvalue weighted by Gasteiger charge is 2.25. The first kappa shape index (κ1) is 13.3. The van der Waals surface area contributed by atoms with Gasteiger partial charge in [-0.3, -0.25) is 9.58 Å². The Morgan fingerprint density at radius 2 is 2.20 bits per heavy atom. The van der Waals surface area contributed by atoms with Crippen LogP contribution in [0.2, 0.25) is 0 Å². The average Bonchev–Trinajstić information content (AvgIpc) is 3.07. The van der Waals surface area contributed by atoms with Gasteiger partial charge in [0.1, 0.15) is 5.82 Å². The topological polar surface area (TPSA) is 64.9 Å². The lowest BCUT2D eigenvalue weighted by Crippen LogP contribution is -2.39. The Bertz CT molecular complexity index is 570.